The van der Waals surface area contributed by atoms with Gasteiger partial charge in [-0.05, 0) is 12.5 Å². The van der Waals surface area contributed by atoms with E-state index >= 15 is 0 Å². The summed E-state index contributed by atoms with van der Waals surface area (Å²) in [6.07, 6.45) is 7.01. The zero-order valence-electron chi connectivity index (χ0n) is 9.01. The van der Waals surface area contributed by atoms with Crippen molar-refractivity contribution in [3.8, 4) is 0 Å². The number of carbonyl (C=O) groups excluding carboxylic acids is 2. The molecule has 1 aliphatic heterocycles. The zero-order valence-corrected chi connectivity index (χ0v) is 9.01. The van der Waals surface area contributed by atoms with Crippen LogP contribution >= 0.6 is 0 Å². The number of carbonyl (C=O) groups is 2. The lowest BCUT2D eigenvalue weighted by Crippen LogP contribution is -2.27. The summed E-state index contributed by atoms with van der Waals surface area (Å²) >= 11 is 0. The summed E-state index contributed by atoms with van der Waals surface area (Å²) in [4.78, 5) is 22.9. The van der Waals surface area contributed by atoms with Gasteiger partial charge in [-0.15, -0.1) is 0 Å². The molecule has 0 unspecified atom stereocenters. The zero-order chi connectivity index (χ0) is 11.5. The SMILES string of the molecule is CCOC(=O)[C@@H]1CC(=O)O[C@H]1C1=C[CH]C=C1. The Labute approximate surface area is 93.9 Å². The fourth-order valence-electron chi connectivity index (χ4n) is 1.89. The molecule has 2 atom stereocenters. The number of ether oxygens (including phenoxy) is 2. The van der Waals surface area contributed by atoms with E-state index in [1.165, 1.54) is 0 Å². The molecule has 4 nitrogen and oxygen atoms in total. The molecule has 0 aromatic carbocycles. The third kappa shape index (κ3) is 2.01. The molecule has 1 saturated heterocycles. The van der Waals surface area contributed by atoms with E-state index < -0.39 is 12.0 Å². The van der Waals surface area contributed by atoms with E-state index in [-0.39, 0.29) is 18.4 Å². The summed E-state index contributed by atoms with van der Waals surface area (Å²) in [5.41, 5.74) is 0.851. The molecule has 85 valence electrons. The van der Waals surface area contributed by atoms with E-state index in [9.17, 15) is 9.59 Å². The van der Waals surface area contributed by atoms with Gasteiger partial charge in [0.1, 0.15) is 12.0 Å². The molecule has 2 rings (SSSR count). The number of allylic oxidation sites excluding steroid dienone is 2. The molecular formula is C12H13O4. The fraction of sp³-hybridized carbons (Fsp3) is 0.417. The van der Waals surface area contributed by atoms with Gasteiger partial charge in [0.05, 0.1) is 13.0 Å². The van der Waals surface area contributed by atoms with E-state index in [4.69, 9.17) is 9.47 Å². The van der Waals surface area contributed by atoms with Crippen LogP contribution in [0, 0.1) is 12.3 Å². The molecule has 0 N–H and O–H groups in total. The number of rotatable bonds is 3. The van der Waals surface area contributed by atoms with Crippen molar-refractivity contribution in [1.29, 1.82) is 0 Å². The first-order valence-corrected chi connectivity index (χ1v) is 5.30. The van der Waals surface area contributed by atoms with Crippen molar-refractivity contribution in [3.05, 3.63) is 30.2 Å². The molecule has 0 bridgehead atoms. The highest BCUT2D eigenvalue weighted by atomic mass is 16.6. The standard InChI is InChI=1S/C12H13O4/c1-2-15-12(14)9-7-10(13)16-11(9)8-5-3-4-6-8/h3-6,9,11H,2,7H2,1H3/t9-,11+/m1/s1. The van der Waals surface area contributed by atoms with Crippen LogP contribution in [0.15, 0.2) is 23.8 Å². The first kappa shape index (κ1) is 10.9. The highest BCUT2D eigenvalue weighted by Gasteiger charge is 2.42. The minimum Gasteiger partial charge on any atom is -0.466 e. The molecule has 0 aromatic rings. The Morgan fingerprint density at radius 1 is 1.62 bits per heavy atom. The van der Waals surface area contributed by atoms with Crippen LogP contribution in [0.2, 0.25) is 0 Å². The summed E-state index contributed by atoms with van der Waals surface area (Å²) in [6, 6.07) is 0. The lowest BCUT2D eigenvalue weighted by atomic mass is 9.96. The summed E-state index contributed by atoms with van der Waals surface area (Å²) in [7, 11) is 0. The van der Waals surface area contributed by atoms with Crippen LogP contribution in [0.3, 0.4) is 0 Å². The maximum atomic E-state index is 11.6. The predicted octanol–water partition coefficient (Wildman–Crippen LogP) is 1.18. The van der Waals surface area contributed by atoms with E-state index in [2.05, 4.69) is 0 Å². The van der Waals surface area contributed by atoms with Gasteiger partial charge in [0.25, 0.3) is 0 Å². The number of esters is 2. The van der Waals surface area contributed by atoms with Crippen LogP contribution in [-0.2, 0) is 19.1 Å². The largest absolute Gasteiger partial charge is 0.466 e. The van der Waals surface area contributed by atoms with Crippen LogP contribution in [0.5, 0.6) is 0 Å². The van der Waals surface area contributed by atoms with Crippen LogP contribution in [0.1, 0.15) is 13.3 Å². The van der Waals surface area contributed by atoms with Gasteiger partial charge in [-0.3, -0.25) is 9.59 Å². The third-order valence-electron chi connectivity index (χ3n) is 2.62. The molecule has 2 aliphatic rings. The molecule has 1 radical (unpaired) electrons. The van der Waals surface area contributed by atoms with E-state index in [0.717, 1.165) is 5.57 Å². The minimum atomic E-state index is -0.505. The quantitative estimate of drug-likeness (QED) is 0.671. The molecule has 16 heavy (non-hydrogen) atoms. The molecule has 1 aliphatic carbocycles. The molecule has 1 heterocycles. The Morgan fingerprint density at radius 3 is 3.06 bits per heavy atom. The van der Waals surface area contributed by atoms with E-state index in [0.29, 0.717) is 6.61 Å². The van der Waals surface area contributed by atoms with Crippen molar-refractivity contribution < 1.29 is 19.1 Å². The van der Waals surface area contributed by atoms with Crippen molar-refractivity contribution in [2.75, 3.05) is 6.61 Å². The second kappa shape index (κ2) is 4.51. The van der Waals surface area contributed by atoms with Crippen molar-refractivity contribution in [3.63, 3.8) is 0 Å². The topological polar surface area (TPSA) is 52.6 Å². The summed E-state index contributed by atoms with van der Waals surface area (Å²) < 4.78 is 10.1. The predicted molar refractivity (Wildman–Crippen MR) is 56.1 cm³/mol. The van der Waals surface area contributed by atoms with Gasteiger partial charge >= 0.3 is 11.9 Å². The molecule has 0 spiro atoms. The average molecular weight is 221 g/mol. The lowest BCUT2D eigenvalue weighted by Gasteiger charge is -2.16. The summed E-state index contributed by atoms with van der Waals surface area (Å²) in [5, 5.41) is 0. The second-order valence-corrected chi connectivity index (χ2v) is 3.69. The second-order valence-electron chi connectivity index (χ2n) is 3.69. The normalized spacial score (nSPS) is 27.8. The van der Waals surface area contributed by atoms with Crippen LogP contribution in [-0.4, -0.2) is 24.6 Å². The number of hydrogen-bond donors (Lipinski definition) is 0. The summed E-state index contributed by atoms with van der Waals surface area (Å²) in [6.45, 7) is 2.06. The molecule has 0 aromatic heterocycles. The highest BCUT2D eigenvalue weighted by molar-refractivity contribution is 5.84. The Balaban J connectivity index is 2.12. The summed E-state index contributed by atoms with van der Waals surface area (Å²) in [5.74, 6) is -1.21. The molecule has 4 heteroatoms. The van der Waals surface area contributed by atoms with E-state index in [1.807, 2.05) is 24.6 Å². The van der Waals surface area contributed by atoms with Gasteiger partial charge in [0.2, 0.25) is 0 Å². The lowest BCUT2D eigenvalue weighted by molar-refractivity contribution is -0.149. The van der Waals surface area contributed by atoms with Crippen molar-refractivity contribution in [2.45, 2.75) is 19.4 Å². The van der Waals surface area contributed by atoms with Crippen molar-refractivity contribution in [1.82, 2.24) is 0 Å². The van der Waals surface area contributed by atoms with Crippen LogP contribution in [0.4, 0.5) is 0 Å². The van der Waals surface area contributed by atoms with Gasteiger partial charge in [-0.25, -0.2) is 0 Å². The van der Waals surface area contributed by atoms with Crippen molar-refractivity contribution >= 4 is 11.9 Å². The van der Waals surface area contributed by atoms with Gasteiger partial charge in [-0.2, -0.15) is 0 Å². The number of cyclic esters (lactones) is 1. The van der Waals surface area contributed by atoms with Crippen molar-refractivity contribution in [2.24, 2.45) is 5.92 Å². The van der Waals surface area contributed by atoms with Gasteiger partial charge in [-0.1, -0.05) is 18.2 Å². The van der Waals surface area contributed by atoms with Gasteiger partial charge < -0.3 is 9.47 Å². The maximum Gasteiger partial charge on any atom is 0.313 e. The molecule has 0 saturated carbocycles. The Morgan fingerprint density at radius 2 is 2.44 bits per heavy atom. The van der Waals surface area contributed by atoms with Crippen LogP contribution < -0.4 is 0 Å². The van der Waals surface area contributed by atoms with Crippen LogP contribution in [0.25, 0.3) is 0 Å². The first-order valence-electron chi connectivity index (χ1n) is 5.30. The Kier molecular flexibility index (Phi) is 3.08. The molecule has 1 fully saturated rings. The highest BCUT2D eigenvalue weighted by Crippen LogP contribution is 2.31. The third-order valence-corrected chi connectivity index (χ3v) is 2.62. The smallest absolute Gasteiger partial charge is 0.313 e. The van der Waals surface area contributed by atoms with Gasteiger partial charge in [0, 0.05) is 6.42 Å². The average Bonchev–Trinajstić information content (AvgIpc) is 2.85. The molecular weight excluding hydrogens is 208 g/mol. The fourth-order valence-corrected chi connectivity index (χ4v) is 1.89. The number of hydrogen-bond acceptors (Lipinski definition) is 4. The first-order chi connectivity index (χ1) is 7.72. The molecule has 0 amide bonds. The minimum absolute atomic E-state index is 0.106. The Hall–Kier alpha value is -1.58. The van der Waals surface area contributed by atoms with E-state index in [1.54, 1.807) is 6.92 Å². The Bertz CT molecular complexity index is 367. The monoisotopic (exact) mass is 221 g/mol. The van der Waals surface area contributed by atoms with Gasteiger partial charge in [0.15, 0.2) is 0 Å². The maximum absolute atomic E-state index is 11.6.